The summed E-state index contributed by atoms with van der Waals surface area (Å²) in [6, 6.07) is 11.6. The largest absolute Gasteiger partial charge is 0.356 e. The maximum atomic E-state index is 13.0. The number of para-hydroxylation sites is 2. The highest BCUT2D eigenvalue weighted by Crippen LogP contribution is 2.24. The van der Waals surface area contributed by atoms with Gasteiger partial charge in [0, 0.05) is 25.8 Å². The number of nitrogens with one attached hydrogen (secondary N) is 1. The van der Waals surface area contributed by atoms with Gasteiger partial charge < -0.3 is 9.47 Å². The first-order valence-electron chi connectivity index (χ1n) is 9.24. The lowest BCUT2D eigenvalue weighted by Crippen LogP contribution is -2.24. The van der Waals surface area contributed by atoms with Crippen LogP contribution < -0.4 is 10.2 Å². The third-order valence-corrected chi connectivity index (χ3v) is 4.76. The average molecular weight is 349 g/mol. The molecule has 0 bridgehead atoms. The maximum absolute atomic E-state index is 13.0. The number of nitrogens with zero attached hydrogens (tertiary/aromatic N) is 4. The molecule has 1 N–H and O–H groups in total. The molecule has 1 amide bonds. The van der Waals surface area contributed by atoms with Crippen LogP contribution in [-0.4, -0.2) is 33.5 Å². The molecule has 0 spiro atoms. The van der Waals surface area contributed by atoms with E-state index in [0.717, 1.165) is 55.7 Å². The Morgan fingerprint density at radius 3 is 2.77 bits per heavy atom. The van der Waals surface area contributed by atoms with E-state index in [0.29, 0.717) is 11.5 Å². The van der Waals surface area contributed by atoms with E-state index < -0.39 is 0 Å². The minimum atomic E-state index is -0.160. The van der Waals surface area contributed by atoms with Crippen molar-refractivity contribution < 1.29 is 4.79 Å². The smallest absolute Gasteiger partial charge is 0.261 e. The zero-order valence-corrected chi connectivity index (χ0v) is 15.0. The van der Waals surface area contributed by atoms with Crippen molar-refractivity contribution in [1.29, 1.82) is 0 Å². The molecule has 0 unspecified atom stereocenters. The minimum absolute atomic E-state index is 0.160. The monoisotopic (exact) mass is 349 g/mol. The van der Waals surface area contributed by atoms with Gasteiger partial charge in [0.2, 0.25) is 5.95 Å². The van der Waals surface area contributed by atoms with E-state index in [1.54, 1.807) is 6.20 Å². The van der Waals surface area contributed by atoms with E-state index in [1.807, 2.05) is 36.4 Å². The molecule has 4 rings (SSSR count). The fraction of sp³-hybridized carbons (Fsp3) is 0.350. The van der Waals surface area contributed by atoms with E-state index in [1.165, 1.54) is 0 Å². The molecule has 6 nitrogen and oxygen atoms in total. The first-order chi connectivity index (χ1) is 12.8. The third kappa shape index (κ3) is 3.03. The topological polar surface area (TPSA) is 63.1 Å². The predicted molar refractivity (Wildman–Crippen MR) is 104 cm³/mol. The van der Waals surface area contributed by atoms with Crippen molar-refractivity contribution in [2.45, 2.75) is 32.7 Å². The molecule has 1 saturated heterocycles. The summed E-state index contributed by atoms with van der Waals surface area (Å²) in [5.74, 6) is 1.20. The molecule has 2 aromatic heterocycles. The molecule has 0 atom stereocenters. The molecule has 1 fully saturated rings. The molecule has 1 aliphatic heterocycles. The molecule has 0 saturated carbocycles. The molecule has 1 aliphatic rings. The van der Waals surface area contributed by atoms with Gasteiger partial charge in [-0.3, -0.25) is 10.1 Å². The quantitative estimate of drug-likeness (QED) is 0.763. The van der Waals surface area contributed by atoms with Gasteiger partial charge in [-0.1, -0.05) is 19.1 Å². The number of carbonyl (C=O) groups excluding carboxylic acids is 1. The van der Waals surface area contributed by atoms with Crippen LogP contribution in [0.25, 0.3) is 11.0 Å². The van der Waals surface area contributed by atoms with E-state index >= 15 is 0 Å². The highest BCUT2D eigenvalue weighted by atomic mass is 16.1. The molecule has 0 aliphatic carbocycles. The van der Waals surface area contributed by atoms with Crippen molar-refractivity contribution in [2.75, 3.05) is 23.3 Å². The summed E-state index contributed by atoms with van der Waals surface area (Å²) in [5.41, 5.74) is 2.53. The number of anilines is 2. The number of fused-ring (bicyclic) bond motifs is 1. The number of aromatic nitrogens is 3. The van der Waals surface area contributed by atoms with Crippen LogP contribution in [0, 0.1) is 0 Å². The molecule has 1 aromatic carbocycles. The fourth-order valence-electron chi connectivity index (χ4n) is 3.54. The van der Waals surface area contributed by atoms with Crippen LogP contribution in [0.1, 0.15) is 36.5 Å². The number of pyridine rings is 1. The summed E-state index contributed by atoms with van der Waals surface area (Å²) in [7, 11) is 0. The zero-order chi connectivity index (χ0) is 17.9. The standard InChI is InChI=1S/C20H23N5O/c1-2-12-25-17-10-4-3-9-16(17)22-20(25)23-19(26)15-8-7-11-21-18(15)24-13-5-6-14-24/h3-4,7-11H,2,5-6,12-14H2,1H3,(H,22,23,26). The van der Waals surface area contributed by atoms with Gasteiger partial charge in [0.05, 0.1) is 16.6 Å². The van der Waals surface area contributed by atoms with Crippen LogP contribution in [0.3, 0.4) is 0 Å². The lowest BCUT2D eigenvalue weighted by molar-refractivity contribution is 0.102. The van der Waals surface area contributed by atoms with Gasteiger partial charge in [-0.25, -0.2) is 9.97 Å². The van der Waals surface area contributed by atoms with Gasteiger partial charge >= 0.3 is 0 Å². The molecule has 6 heteroatoms. The third-order valence-electron chi connectivity index (χ3n) is 4.76. The highest BCUT2D eigenvalue weighted by Gasteiger charge is 2.22. The number of rotatable bonds is 5. The van der Waals surface area contributed by atoms with Crippen molar-refractivity contribution in [1.82, 2.24) is 14.5 Å². The number of hydrogen-bond donors (Lipinski definition) is 1. The second-order valence-corrected chi connectivity index (χ2v) is 6.60. The maximum Gasteiger partial charge on any atom is 0.261 e. The number of hydrogen-bond acceptors (Lipinski definition) is 4. The summed E-state index contributed by atoms with van der Waals surface area (Å²) in [6.45, 7) is 4.83. The summed E-state index contributed by atoms with van der Waals surface area (Å²) in [5, 5.41) is 3.01. The molecule has 26 heavy (non-hydrogen) atoms. The van der Waals surface area contributed by atoms with E-state index in [9.17, 15) is 4.79 Å². The lowest BCUT2D eigenvalue weighted by Gasteiger charge is -2.19. The zero-order valence-electron chi connectivity index (χ0n) is 15.0. The van der Waals surface area contributed by atoms with Gasteiger partial charge in [0.25, 0.3) is 5.91 Å². The van der Waals surface area contributed by atoms with Crippen molar-refractivity contribution in [3.63, 3.8) is 0 Å². The van der Waals surface area contributed by atoms with E-state index in [2.05, 4.69) is 31.7 Å². The summed E-state index contributed by atoms with van der Waals surface area (Å²) >= 11 is 0. The molecule has 0 radical (unpaired) electrons. The summed E-state index contributed by atoms with van der Waals surface area (Å²) in [4.78, 5) is 24.3. The van der Waals surface area contributed by atoms with Crippen LogP contribution in [0.4, 0.5) is 11.8 Å². The van der Waals surface area contributed by atoms with E-state index in [4.69, 9.17) is 0 Å². The number of imidazole rings is 1. The fourth-order valence-corrected chi connectivity index (χ4v) is 3.54. The van der Waals surface area contributed by atoms with Crippen molar-refractivity contribution in [3.05, 3.63) is 48.2 Å². The molecular formula is C20H23N5O. The number of aryl methyl sites for hydroxylation is 1. The SMILES string of the molecule is CCCn1c(NC(=O)c2cccnc2N2CCCC2)nc2ccccc21. The Kier molecular flexibility index (Phi) is 4.56. The molecular weight excluding hydrogens is 326 g/mol. The first kappa shape index (κ1) is 16.6. The predicted octanol–water partition coefficient (Wildman–Crippen LogP) is 3.69. The van der Waals surface area contributed by atoms with Crippen LogP contribution in [0.2, 0.25) is 0 Å². The summed E-state index contributed by atoms with van der Waals surface area (Å²) in [6.07, 6.45) is 5.00. The summed E-state index contributed by atoms with van der Waals surface area (Å²) < 4.78 is 2.07. The second kappa shape index (κ2) is 7.15. The second-order valence-electron chi connectivity index (χ2n) is 6.60. The lowest BCUT2D eigenvalue weighted by atomic mass is 10.2. The Hall–Kier alpha value is -2.89. The Balaban J connectivity index is 1.67. The molecule has 134 valence electrons. The van der Waals surface area contributed by atoms with Gasteiger partial charge in [0.1, 0.15) is 5.82 Å². The number of amides is 1. The van der Waals surface area contributed by atoms with Crippen LogP contribution in [0.15, 0.2) is 42.6 Å². The van der Waals surface area contributed by atoms with Gasteiger partial charge in [-0.2, -0.15) is 0 Å². The Labute approximate surface area is 152 Å². The molecule has 3 heterocycles. The Morgan fingerprint density at radius 2 is 1.96 bits per heavy atom. The van der Waals surface area contributed by atoms with Crippen molar-refractivity contribution in [2.24, 2.45) is 0 Å². The Bertz CT molecular complexity index is 927. The normalized spacial score (nSPS) is 14.1. The minimum Gasteiger partial charge on any atom is -0.356 e. The Morgan fingerprint density at radius 1 is 1.15 bits per heavy atom. The first-order valence-corrected chi connectivity index (χ1v) is 9.24. The van der Waals surface area contributed by atoms with Crippen LogP contribution in [0.5, 0.6) is 0 Å². The van der Waals surface area contributed by atoms with Crippen LogP contribution >= 0.6 is 0 Å². The van der Waals surface area contributed by atoms with Crippen molar-refractivity contribution >= 4 is 28.7 Å². The average Bonchev–Trinajstić information content (AvgIpc) is 3.31. The number of benzene rings is 1. The van der Waals surface area contributed by atoms with Gasteiger partial charge in [-0.15, -0.1) is 0 Å². The van der Waals surface area contributed by atoms with E-state index in [-0.39, 0.29) is 5.91 Å². The molecule has 3 aromatic rings. The van der Waals surface area contributed by atoms with Crippen molar-refractivity contribution in [3.8, 4) is 0 Å². The highest BCUT2D eigenvalue weighted by molar-refractivity contribution is 6.07. The number of carbonyl (C=O) groups is 1. The van der Waals surface area contributed by atoms with Gasteiger partial charge in [-0.05, 0) is 43.5 Å². The van der Waals surface area contributed by atoms with Crippen LogP contribution in [-0.2, 0) is 6.54 Å². The van der Waals surface area contributed by atoms with Gasteiger partial charge in [0.15, 0.2) is 0 Å².